The number of rotatable bonds is 6. The van der Waals surface area contributed by atoms with Crippen LogP contribution in [-0.4, -0.2) is 6.21 Å². The van der Waals surface area contributed by atoms with Crippen molar-refractivity contribution in [2.45, 2.75) is 13.5 Å². The Morgan fingerprint density at radius 2 is 1.76 bits per heavy atom. The number of anilines is 1. The van der Waals surface area contributed by atoms with Crippen molar-refractivity contribution in [3.63, 3.8) is 0 Å². The van der Waals surface area contributed by atoms with Crippen LogP contribution >= 0.6 is 11.6 Å². The lowest BCUT2D eigenvalue weighted by Crippen LogP contribution is -1.99. The lowest BCUT2D eigenvalue weighted by Gasteiger charge is -2.10. The fourth-order valence-electron chi connectivity index (χ4n) is 2.29. The minimum atomic E-state index is 0.495. The molecule has 0 aromatic heterocycles. The van der Waals surface area contributed by atoms with Crippen molar-refractivity contribution < 1.29 is 4.74 Å². The summed E-state index contributed by atoms with van der Waals surface area (Å²) in [5.74, 6) is 0.739. The molecule has 0 bridgehead atoms. The summed E-state index contributed by atoms with van der Waals surface area (Å²) in [5.41, 5.74) is 7.08. The summed E-state index contributed by atoms with van der Waals surface area (Å²) < 4.78 is 5.94. The van der Waals surface area contributed by atoms with Crippen molar-refractivity contribution in [3.8, 4) is 5.75 Å². The predicted molar refractivity (Wildman–Crippen MR) is 105 cm³/mol. The van der Waals surface area contributed by atoms with Gasteiger partial charge in [-0.2, -0.15) is 5.10 Å². The van der Waals surface area contributed by atoms with Gasteiger partial charge in [0.2, 0.25) is 0 Å². The normalized spacial score (nSPS) is 10.8. The smallest absolute Gasteiger partial charge is 0.128 e. The average molecular weight is 351 g/mol. The van der Waals surface area contributed by atoms with Crippen molar-refractivity contribution in [1.82, 2.24) is 0 Å². The number of aryl methyl sites for hydroxylation is 1. The van der Waals surface area contributed by atoms with E-state index in [1.165, 1.54) is 5.56 Å². The van der Waals surface area contributed by atoms with E-state index in [0.29, 0.717) is 11.6 Å². The summed E-state index contributed by atoms with van der Waals surface area (Å²) in [6, 6.07) is 23.6. The molecule has 0 atom stereocenters. The van der Waals surface area contributed by atoms with Crippen LogP contribution in [0.2, 0.25) is 5.02 Å². The van der Waals surface area contributed by atoms with Crippen molar-refractivity contribution >= 4 is 23.5 Å². The number of hydrogen-bond donors (Lipinski definition) is 1. The highest BCUT2D eigenvalue weighted by Gasteiger charge is 2.04. The van der Waals surface area contributed by atoms with Gasteiger partial charge in [-0.25, -0.2) is 0 Å². The zero-order chi connectivity index (χ0) is 17.5. The average Bonchev–Trinajstić information content (AvgIpc) is 2.63. The molecule has 25 heavy (non-hydrogen) atoms. The molecule has 0 spiro atoms. The second kappa shape index (κ2) is 8.36. The zero-order valence-electron chi connectivity index (χ0n) is 13.9. The molecule has 0 radical (unpaired) electrons. The number of nitrogens with one attached hydrogen (secondary N) is 1. The third kappa shape index (κ3) is 5.10. The van der Waals surface area contributed by atoms with Gasteiger partial charge in [0.15, 0.2) is 0 Å². The lowest BCUT2D eigenvalue weighted by atomic mass is 10.1. The summed E-state index contributed by atoms with van der Waals surface area (Å²) in [5, 5.41) is 4.91. The van der Waals surface area contributed by atoms with Gasteiger partial charge in [-0.3, -0.25) is 5.43 Å². The van der Waals surface area contributed by atoms with Crippen molar-refractivity contribution in [2.75, 3.05) is 5.43 Å². The maximum atomic E-state index is 6.11. The highest BCUT2D eigenvalue weighted by Crippen LogP contribution is 2.22. The molecule has 4 heteroatoms. The van der Waals surface area contributed by atoms with Crippen molar-refractivity contribution in [2.24, 2.45) is 5.10 Å². The number of para-hydroxylation sites is 1. The largest absolute Gasteiger partial charge is 0.488 e. The molecule has 1 N–H and O–H groups in total. The number of benzene rings is 3. The van der Waals surface area contributed by atoms with Gasteiger partial charge in [0.05, 0.1) is 11.9 Å². The molecule has 126 valence electrons. The van der Waals surface area contributed by atoms with Gasteiger partial charge in [-0.05, 0) is 42.8 Å². The van der Waals surface area contributed by atoms with E-state index in [2.05, 4.69) is 41.7 Å². The number of ether oxygens (including phenoxy) is 1. The second-order valence-electron chi connectivity index (χ2n) is 5.69. The summed E-state index contributed by atoms with van der Waals surface area (Å²) in [7, 11) is 0. The molecule has 0 saturated heterocycles. The first-order valence-electron chi connectivity index (χ1n) is 8.03. The maximum Gasteiger partial charge on any atom is 0.128 e. The summed E-state index contributed by atoms with van der Waals surface area (Å²) in [6.45, 7) is 2.56. The molecular formula is C21H19ClN2O. The van der Waals surface area contributed by atoms with Crippen molar-refractivity contribution in [3.05, 3.63) is 94.5 Å². The van der Waals surface area contributed by atoms with Gasteiger partial charge < -0.3 is 4.74 Å². The number of nitrogens with zero attached hydrogens (tertiary/aromatic N) is 1. The van der Waals surface area contributed by atoms with E-state index in [1.54, 1.807) is 6.21 Å². The first kappa shape index (κ1) is 17.1. The van der Waals surface area contributed by atoms with Crippen molar-refractivity contribution in [1.29, 1.82) is 0 Å². The molecule has 0 aliphatic heterocycles. The van der Waals surface area contributed by atoms with Crippen LogP contribution in [0.4, 0.5) is 5.69 Å². The number of halogens is 1. The number of hydrogen-bond acceptors (Lipinski definition) is 3. The monoisotopic (exact) mass is 350 g/mol. The van der Waals surface area contributed by atoms with Crippen LogP contribution in [0, 0.1) is 6.92 Å². The third-order valence-corrected chi connectivity index (χ3v) is 3.89. The molecule has 0 fully saturated rings. The van der Waals surface area contributed by atoms with E-state index in [0.717, 1.165) is 22.6 Å². The Morgan fingerprint density at radius 1 is 1.00 bits per heavy atom. The van der Waals surface area contributed by atoms with Crippen LogP contribution in [-0.2, 0) is 6.61 Å². The maximum absolute atomic E-state index is 6.11. The van der Waals surface area contributed by atoms with Gasteiger partial charge >= 0.3 is 0 Å². The minimum Gasteiger partial charge on any atom is -0.488 e. The molecule has 3 nitrogen and oxygen atoms in total. The van der Waals surface area contributed by atoms with Crippen LogP contribution in [0.5, 0.6) is 5.75 Å². The molecule has 0 heterocycles. The first-order chi connectivity index (χ1) is 12.2. The Labute approximate surface area is 152 Å². The van der Waals surface area contributed by atoms with Crippen LogP contribution in [0.25, 0.3) is 0 Å². The molecule has 0 unspecified atom stereocenters. The summed E-state index contributed by atoms with van der Waals surface area (Å²) in [4.78, 5) is 0. The highest BCUT2D eigenvalue weighted by atomic mass is 35.5. The Bertz CT molecular complexity index is 846. The third-order valence-electron chi connectivity index (χ3n) is 3.66. The van der Waals surface area contributed by atoms with E-state index in [4.69, 9.17) is 16.3 Å². The second-order valence-corrected chi connectivity index (χ2v) is 6.13. The molecule has 3 rings (SSSR count). The SMILES string of the molecule is Cc1ccc(COc2ccc(Cl)cc2C=NNc2ccccc2)cc1. The van der Waals surface area contributed by atoms with E-state index in [-0.39, 0.29) is 0 Å². The molecule has 0 amide bonds. The quantitative estimate of drug-likeness (QED) is 0.458. The van der Waals surface area contributed by atoms with Gasteiger partial charge in [0.25, 0.3) is 0 Å². The molecule has 0 aliphatic carbocycles. The van der Waals surface area contributed by atoms with Gasteiger partial charge in [0.1, 0.15) is 12.4 Å². The van der Waals surface area contributed by atoms with Crippen LogP contribution < -0.4 is 10.2 Å². The first-order valence-corrected chi connectivity index (χ1v) is 8.40. The Kier molecular flexibility index (Phi) is 5.70. The van der Waals surface area contributed by atoms with Crippen LogP contribution in [0.1, 0.15) is 16.7 Å². The zero-order valence-corrected chi connectivity index (χ0v) is 14.7. The Hall–Kier alpha value is -2.78. The van der Waals surface area contributed by atoms with Gasteiger partial charge in [-0.1, -0.05) is 59.6 Å². The molecule has 0 saturated carbocycles. The van der Waals surface area contributed by atoms with E-state index in [9.17, 15) is 0 Å². The summed E-state index contributed by atoms with van der Waals surface area (Å²) >= 11 is 6.11. The Balaban J connectivity index is 1.70. The molecule has 3 aromatic rings. The fraction of sp³-hybridized carbons (Fsp3) is 0.0952. The predicted octanol–water partition coefficient (Wildman–Crippen LogP) is 5.67. The van der Waals surface area contributed by atoms with Crippen LogP contribution in [0.15, 0.2) is 77.9 Å². The molecule has 0 aliphatic rings. The molecule has 3 aromatic carbocycles. The van der Waals surface area contributed by atoms with E-state index >= 15 is 0 Å². The Morgan fingerprint density at radius 3 is 2.52 bits per heavy atom. The molecular weight excluding hydrogens is 332 g/mol. The minimum absolute atomic E-state index is 0.495. The van der Waals surface area contributed by atoms with Gasteiger partial charge in [0, 0.05) is 10.6 Å². The standard InChI is InChI=1S/C21H19ClN2O/c1-16-7-9-17(10-8-16)15-25-21-12-11-19(22)13-18(21)14-23-24-20-5-3-2-4-6-20/h2-14,24H,15H2,1H3. The lowest BCUT2D eigenvalue weighted by molar-refractivity contribution is 0.306. The van der Waals surface area contributed by atoms with Crippen LogP contribution in [0.3, 0.4) is 0 Å². The van der Waals surface area contributed by atoms with Gasteiger partial charge in [-0.15, -0.1) is 0 Å². The van der Waals surface area contributed by atoms with E-state index < -0.39 is 0 Å². The number of hydrazone groups is 1. The highest BCUT2D eigenvalue weighted by molar-refractivity contribution is 6.30. The topological polar surface area (TPSA) is 33.6 Å². The summed E-state index contributed by atoms with van der Waals surface area (Å²) in [6.07, 6.45) is 1.71. The fourth-order valence-corrected chi connectivity index (χ4v) is 2.47. The van der Waals surface area contributed by atoms with E-state index in [1.807, 2.05) is 48.5 Å².